The highest BCUT2D eigenvalue weighted by atomic mass is 79.9. The molecule has 17 heavy (non-hydrogen) atoms. The first-order chi connectivity index (χ1) is 7.90. The number of rotatable bonds is 3. The number of nitrogens with one attached hydrogen (secondary N) is 1. The van der Waals surface area contributed by atoms with Crippen molar-refractivity contribution in [2.75, 3.05) is 18.5 Å². The van der Waals surface area contributed by atoms with E-state index in [2.05, 4.69) is 15.9 Å². The van der Waals surface area contributed by atoms with Crippen molar-refractivity contribution in [2.45, 2.75) is 0 Å². The molecule has 5 nitrogen and oxygen atoms in total. The number of likely N-dealkylation sites (N-methyl/N-ethyl adjacent to an activating group) is 1. The Bertz CT molecular complexity index is 453. The van der Waals surface area contributed by atoms with E-state index in [0.29, 0.717) is 4.47 Å². The molecular formula is C10H11BrFN3O2. The molecule has 1 rings (SSSR count). The first-order valence-corrected chi connectivity index (χ1v) is 5.45. The Morgan fingerprint density at radius 2 is 2.18 bits per heavy atom. The quantitative estimate of drug-likeness (QED) is 0.881. The second kappa shape index (κ2) is 5.62. The molecule has 1 aromatic carbocycles. The van der Waals surface area contributed by atoms with Crippen molar-refractivity contribution in [2.24, 2.45) is 5.73 Å². The van der Waals surface area contributed by atoms with E-state index < -0.39 is 17.8 Å². The normalized spacial score (nSPS) is 9.82. The van der Waals surface area contributed by atoms with Gasteiger partial charge in [-0.15, -0.1) is 0 Å². The van der Waals surface area contributed by atoms with E-state index in [4.69, 9.17) is 5.73 Å². The predicted octanol–water partition coefficient (Wildman–Crippen LogP) is 1.22. The molecule has 92 valence electrons. The summed E-state index contributed by atoms with van der Waals surface area (Å²) in [4.78, 5) is 23.0. The molecule has 0 aliphatic rings. The lowest BCUT2D eigenvalue weighted by Gasteiger charge is -2.18. The van der Waals surface area contributed by atoms with Crippen molar-refractivity contribution in [1.82, 2.24) is 5.32 Å². The molecule has 3 N–H and O–H groups in total. The van der Waals surface area contributed by atoms with Crippen molar-refractivity contribution in [3.63, 3.8) is 0 Å². The van der Waals surface area contributed by atoms with Gasteiger partial charge < -0.3 is 10.6 Å². The van der Waals surface area contributed by atoms with E-state index in [1.54, 1.807) is 6.07 Å². The fraction of sp³-hybridized carbons (Fsp3) is 0.200. The molecule has 0 atom stereocenters. The van der Waals surface area contributed by atoms with Crippen LogP contribution in [-0.4, -0.2) is 25.5 Å². The van der Waals surface area contributed by atoms with Crippen molar-refractivity contribution < 1.29 is 14.0 Å². The number of carbonyl (C=O) groups is 2. The van der Waals surface area contributed by atoms with Gasteiger partial charge in [-0.3, -0.25) is 10.1 Å². The minimum absolute atomic E-state index is 0.165. The number of nitrogens with zero attached hydrogens (tertiary/aromatic N) is 1. The highest BCUT2D eigenvalue weighted by Gasteiger charge is 2.12. The summed E-state index contributed by atoms with van der Waals surface area (Å²) < 4.78 is 14.1. The summed E-state index contributed by atoms with van der Waals surface area (Å²) in [6, 6.07) is 3.54. The fourth-order valence-electron chi connectivity index (χ4n) is 1.27. The van der Waals surface area contributed by atoms with Crippen molar-refractivity contribution in [3.8, 4) is 0 Å². The number of carbonyl (C=O) groups excluding carboxylic acids is 2. The number of nitrogens with two attached hydrogens (primary N) is 1. The van der Waals surface area contributed by atoms with Crippen LogP contribution < -0.4 is 16.0 Å². The van der Waals surface area contributed by atoms with Crippen LogP contribution in [0.5, 0.6) is 0 Å². The molecule has 7 heteroatoms. The summed E-state index contributed by atoms with van der Waals surface area (Å²) in [5.41, 5.74) is 5.05. The number of amides is 3. The Kier molecular flexibility index (Phi) is 4.45. The van der Waals surface area contributed by atoms with Gasteiger partial charge in [0.15, 0.2) is 0 Å². The van der Waals surface area contributed by atoms with Crippen LogP contribution in [0.2, 0.25) is 0 Å². The maximum Gasteiger partial charge on any atom is 0.318 e. The molecule has 3 amide bonds. The van der Waals surface area contributed by atoms with Crippen LogP contribution in [0.15, 0.2) is 22.7 Å². The summed E-state index contributed by atoms with van der Waals surface area (Å²) >= 11 is 3.13. The summed E-state index contributed by atoms with van der Waals surface area (Å²) in [6.07, 6.45) is 0. The number of hydrogen-bond donors (Lipinski definition) is 2. The summed E-state index contributed by atoms with van der Waals surface area (Å²) in [6.45, 7) is -0.165. The number of halogens is 2. The molecule has 0 aromatic heterocycles. The molecule has 0 saturated heterocycles. The monoisotopic (exact) mass is 303 g/mol. The van der Waals surface area contributed by atoms with E-state index in [-0.39, 0.29) is 12.2 Å². The molecule has 0 fully saturated rings. The highest BCUT2D eigenvalue weighted by molar-refractivity contribution is 9.10. The SMILES string of the molecule is CN(CC(=O)NC(N)=O)c1ccc(Br)cc1F. The molecule has 0 unspecified atom stereocenters. The molecular weight excluding hydrogens is 293 g/mol. The summed E-state index contributed by atoms with van der Waals surface area (Å²) in [5.74, 6) is -1.06. The Morgan fingerprint density at radius 1 is 1.53 bits per heavy atom. The first-order valence-electron chi connectivity index (χ1n) is 4.65. The van der Waals surface area contributed by atoms with E-state index in [1.807, 2.05) is 5.32 Å². The first kappa shape index (κ1) is 13.4. The Morgan fingerprint density at radius 3 is 2.71 bits per heavy atom. The number of urea groups is 1. The predicted molar refractivity (Wildman–Crippen MR) is 65.1 cm³/mol. The van der Waals surface area contributed by atoms with Gasteiger partial charge in [0, 0.05) is 11.5 Å². The van der Waals surface area contributed by atoms with Crippen LogP contribution >= 0.6 is 15.9 Å². The van der Waals surface area contributed by atoms with Crippen LogP contribution in [-0.2, 0) is 4.79 Å². The third kappa shape index (κ3) is 4.03. The molecule has 0 heterocycles. The molecule has 1 aromatic rings. The van der Waals surface area contributed by atoms with Crippen LogP contribution in [0, 0.1) is 5.82 Å². The van der Waals surface area contributed by atoms with Gasteiger partial charge in [0.25, 0.3) is 0 Å². The second-order valence-electron chi connectivity index (χ2n) is 3.36. The number of imide groups is 1. The molecule has 0 spiro atoms. The maximum atomic E-state index is 13.5. The van der Waals surface area contributed by atoms with Gasteiger partial charge >= 0.3 is 6.03 Å². The van der Waals surface area contributed by atoms with Gasteiger partial charge in [-0.1, -0.05) is 15.9 Å². The van der Waals surface area contributed by atoms with Crippen LogP contribution in [0.4, 0.5) is 14.9 Å². The van der Waals surface area contributed by atoms with Gasteiger partial charge in [0.2, 0.25) is 5.91 Å². The average Bonchev–Trinajstić information content (AvgIpc) is 2.15. The lowest BCUT2D eigenvalue weighted by Crippen LogP contribution is -2.41. The molecule has 0 radical (unpaired) electrons. The topological polar surface area (TPSA) is 75.4 Å². The smallest absolute Gasteiger partial charge is 0.318 e. The van der Waals surface area contributed by atoms with E-state index in [9.17, 15) is 14.0 Å². The zero-order valence-electron chi connectivity index (χ0n) is 9.04. The van der Waals surface area contributed by atoms with E-state index in [0.717, 1.165) is 0 Å². The number of primary amides is 1. The average molecular weight is 304 g/mol. The largest absolute Gasteiger partial charge is 0.363 e. The van der Waals surface area contributed by atoms with Gasteiger partial charge in [0.05, 0.1) is 12.2 Å². The van der Waals surface area contributed by atoms with Gasteiger partial charge in [-0.25, -0.2) is 9.18 Å². The zero-order valence-corrected chi connectivity index (χ0v) is 10.6. The number of benzene rings is 1. The van der Waals surface area contributed by atoms with Crippen molar-refractivity contribution >= 4 is 33.6 Å². The molecule has 0 bridgehead atoms. The van der Waals surface area contributed by atoms with Crippen LogP contribution in [0.1, 0.15) is 0 Å². The van der Waals surface area contributed by atoms with Crippen LogP contribution in [0.3, 0.4) is 0 Å². The highest BCUT2D eigenvalue weighted by Crippen LogP contribution is 2.21. The maximum absolute atomic E-state index is 13.5. The van der Waals surface area contributed by atoms with E-state index in [1.165, 1.54) is 24.1 Å². The summed E-state index contributed by atoms with van der Waals surface area (Å²) in [5, 5.41) is 1.90. The minimum Gasteiger partial charge on any atom is -0.363 e. The lowest BCUT2D eigenvalue weighted by molar-refractivity contribution is -0.118. The lowest BCUT2D eigenvalue weighted by atomic mass is 10.3. The second-order valence-corrected chi connectivity index (χ2v) is 4.28. The molecule has 0 saturated carbocycles. The van der Waals surface area contributed by atoms with Crippen molar-refractivity contribution in [1.29, 1.82) is 0 Å². The van der Waals surface area contributed by atoms with Crippen molar-refractivity contribution in [3.05, 3.63) is 28.5 Å². The Labute approximate surface area is 106 Å². The molecule has 0 aliphatic carbocycles. The standard InChI is InChI=1S/C10H11BrFN3O2/c1-15(5-9(16)14-10(13)17)8-3-2-6(11)4-7(8)12/h2-4H,5H2,1H3,(H3,13,14,16,17). The Balaban J connectivity index is 2.73. The number of hydrogen-bond acceptors (Lipinski definition) is 3. The van der Waals surface area contributed by atoms with Gasteiger partial charge in [0.1, 0.15) is 5.82 Å². The third-order valence-corrected chi connectivity index (χ3v) is 2.46. The fourth-order valence-corrected chi connectivity index (χ4v) is 1.60. The minimum atomic E-state index is -0.931. The number of anilines is 1. The zero-order chi connectivity index (χ0) is 13.0. The third-order valence-electron chi connectivity index (χ3n) is 1.96. The molecule has 0 aliphatic heterocycles. The van der Waals surface area contributed by atoms with Gasteiger partial charge in [-0.05, 0) is 18.2 Å². The van der Waals surface area contributed by atoms with Gasteiger partial charge in [-0.2, -0.15) is 0 Å². The summed E-state index contributed by atoms with van der Waals surface area (Å²) in [7, 11) is 1.53. The Hall–Kier alpha value is -1.63. The van der Waals surface area contributed by atoms with Crippen LogP contribution in [0.25, 0.3) is 0 Å². The van der Waals surface area contributed by atoms with E-state index >= 15 is 0 Å².